The van der Waals surface area contributed by atoms with Gasteiger partial charge in [-0.2, -0.15) is 0 Å². The fraction of sp³-hybridized carbons (Fsp3) is 0.927. The molecule has 298 valence electrons. The molecular formula is C41H82NO7P. The average molecular weight is 732 g/mol. The van der Waals surface area contributed by atoms with Gasteiger partial charge in [0.05, 0.1) is 34.4 Å². The monoisotopic (exact) mass is 732 g/mol. The first kappa shape index (κ1) is 49.2. The fourth-order valence-corrected chi connectivity index (χ4v) is 6.50. The number of carbonyl (C=O) groups excluding carboxylic acids is 1. The summed E-state index contributed by atoms with van der Waals surface area (Å²) in [6.07, 6.45) is 36.6. The van der Waals surface area contributed by atoms with Crippen molar-refractivity contribution in [1.82, 2.24) is 0 Å². The maximum absolute atomic E-state index is 12.5. The van der Waals surface area contributed by atoms with Crippen LogP contribution >= 0.6 is 7.82 Å². The SMILES string of the molecule is CCCCCCCC/C=C\CCCCCCCCCCCCOCC(COP(=O)([O-])OCC[N+](C)(C)C)OC(=O)CCCCCCCCCC. The average Bonchev–Trinajstić information content (AvgIpc) is 3.06. The molecule has 8 nitrogen and oxygen atoms in total. The van der Waals surface area contributed by atoms with Gasteiger partial charge >= 0.3 is 5.97 Å². The van der Waals surface area contributed by atoms with Crippen LogP contribution in [0.4, 0.5) is 0 Å². The largest absolute Gasteiger partial charge is 0.756 e. The molecule has 0 radical (unpaired) electrons. The number of phosphoric ester groups is 1. The summed E-state index contributed by atoms with van der Waals surface area (Å²) in [4.78, 5) is 24.9. The number of ether oxygens (including phenoxy) is 2. The summed E-state index contributed by atoms with van der Waals surface area (Å²) < 4.78 is 34.4. The summed E-state index contributed by atoms with van der Waals surface area (Å²) in [5.74, 6) is -0.337. The Morgan fingerprint density at radius 3 is 1.52 bits per heavy atom. The van der Waals surface area contributed by atoms with Crippen molar-refractivity contribution in [2.24, 2.45) is 0 Å². The van der Waals surface area contributed by atoms with Gasteiger partial charge < -0.3 is 27.9 Å². The number of allylic oxidation sites excluding steroid dienone is 2. The summed E-state index contributed by atoms with van der Waals surface area (Å²) in [7, 11) is 1.36. The van der Waals surface area contributed by atoms with E-state index in [9.17, 15) is 14.3 Å². The Bertz CT molecular complexity index is 817. The molecule has 0 aromatic carbocycles. The number of phosphoric acid groups is 1. The highest BCUT2D eigenvalue weighted by molar-refractivity contribution is 7.45. The third-order valence-electron chi connectivity index (χ3n) is 9.07. The lowest BCUT2D eigenvalue weighted by Crippen LogP contribution is -2.37. The smallest absolute Gasteiger partial charge is 0.306 e. The zero-order valence-electron chi connectivity index (χ0n) is 33.6. The number of rotatable bonds is 39. The van der Waals surface area contributed by atoms with E-state index in [4.69, 9.17) is 18.5 Å². The van der Waals surface area contributed by atoms with Crippen LogP contribution in [0.1, 0.15) is 187 Å². The number of hydrogen-bond donors (Lipinski definition) is 0. The number of carbonyl (C=O) groups is 1. The molecule has 0 aliphatic carbocycles. The maximum Gasteiger partial charge on any atom is 0.306 e. The van der Waals surface area contributed by atoms with E-state index < -0.39 is 13.9 Å². The quantitative estimate of drug-likeness (QED) is 0.0204. The second-order valence-corrected chi connectivity index (χ2v) is 16.8. The van der Waals surface area contributed by atoms with Gasteiger partial charge in [-0.05, 0) is 38.5 Å². The minimum Gasteiger partial charge on any atom is -0.756 e. The molecular weight excluding hydrogens is 649 g/mol. The van der Waals surface area contributed by atoms with Gasteiger partial charge in [0, 0.05) is 13.0 Å². The molecule has 0 amide bonds. The van der Waals surface area contributed by atoms with Crippen molar-refractivity contribution < 1.29 is 37.3 Å². The number of hydrogen-bond acceptors (Lipinski definition) is 7. The third-order valence-corrected chi connectivity index (χ3v) is 10.0. The Kier molecular flexibility index (Phi) is 34.7. The molecule has 0 saturated heterocycles. The van der Waals surface area contributed by atoms with Gasteiger partial charge in [0.2, 0.25) is 0 Å². The third kappa shape index (κ3) is 38.5. The van der Waals surface area contributed by atoms with E-state index in [-0.39, 0.29) is 25.8 Å². The van der Waals surface area contributed by atoms with E-state index in [1.165, 1.54) is 135 Å². The van der Waals surface area contributed by atoms with Crippen molar-refractivity contribution in [2.45, 2.75) is 193 Å². The molecule has 2 unspecified atom stereocenters. The van der Waals surface area contributed by atoms with Crippen molar-refractivity contribution in [2.75, 3.05) is 54.1 Å². The second-order valence-electron chi connectivity index (χ2n) is 15.4. The van der Waals surface area contributed by atoms with Crippen molar-refractivity contribution in [3.63, 3.8) is 0 Å². The molecule has 2 atom stereocenters. The van der Waals surface area contributed by atoms with Crippen molar-refractivity contribution in [3.8, 4) is 0 Å². The second kappa shape index (κ2) is 35.3. The van der Waals surface area contributed by atoms with Crippen LogP contribution in [0.15, 0.2) is 12.2 Å². The van der Waals surface area contributed by atoms with Crippen molar-refractivity contribution in [1.29, 1.82) is 0 Å². The van der Waals surface area contributed by atoms with Gasteiger partial charge in [0.15, 0.2) is 0 Å². The molecule has 0 aromatic heterocycles. The molecule has 0 heterocycles. The summed E-state index contributed by atoms with van der Waals surface area (Å²) in [5, 5.41) is 0. The standard InChI is InChI=1S/C41H82NO7P/c1-6-8-10-12-14-16-17-18-19-20-21-22-23-24-25-26-27-29-31-33-36-46-38-40(39-48-50(44,45)47-37-35-42(3,4)5)49-41(43)34-32-30-28-15-13-11-9-7-2/h18-19,40H,6-17,20-39H2,1-5H3/b19-18-. The van der Waals surface area contributed by atoms with E-state index in [0.717, 1.165) is 32.1 Å². The Balaban J connectivity index is 4.09. The highest BCUT2D eigenvalue weighted by atomic mass is 31.2. The van der Waals surface area contributed by atoms with Gasteiger partial charge in [-0.25, -0.2) is 0 Å². The van der Waals surface area contributed by atoms with E-state index in [1.54, 1.807) is 0 Å². The molecule has 9 heteroatoms. The van der Waals surface area contributed by atoms with Gasteiger partial charge in [-0.15, -0.1) is 0 Å². The number of nitrogens with zero attached hydrogens (tertiary/aromatic N) is 1. The highest BCUT2D eigenvalue weighted by Crippen LogP contribution is 2.38. The number of esters is 1. The number of unbranched alkanes of at least 4 members (excludes halogenated alkanes) is 23. The highest BCUT2D eigenvalue weighted by Gasteiger charge is 2.20. The van der Waals surface area contributed by atoms with Crippen LogP contribution < -0.4 is 4.89 Å². The first-order valence-corrected chi connectivity index (χ1v) is 22.4. The van der Waals surface area contributed by atoms with E-state index in [0.29, 0.717) is 24.1 Å². The van der Waals surface area contributed by atoms with E-state index in [1.807, 2.05) is 21.1 Å². The summed E-state index contributed by atoms with van der Waals surface area (Å²) in [5.41, 5.74) is 0. The van der Waals surface area contributed by atoms with Crippen molar-refractivity contribution in [3.05, 3.63) is 12.2 Å². The van der Waals surface area contributed by atoms with Crippen molar-refractivity contribution >= 4 is 13.8 Å². The molecule has 0 fully saturated rings. The zero-order valence-corrected chi connectivity index (χ0v) is 34.5. The zero-order chi connectivity index (χ0) is 37.0. The molecule has 0 bridgehead atoms. The lowest BCUT2D eigenvalue weighted by Gasteiger charge is -2.28. The molecule has 0 spiro atoms. The molecule has 0 aromatic rings. The predicted molar refractivity (Wildman–Crippen MR) is 208 cm³/mol. The molecule has 0 aliphatic rings. The van der Waals surface area contributed by atoms with Crippen LogP contribution in [0, 0.1) is 0 Å². The molecule has 0 aliphatic heterocycles. The predicted octanol–water partition coefficient (Wildman–Crippen LogP) is 11.3. The normalized spacial score (nSPS) is 14.0. The van der Waals surface area contributed by atoms with Gasteiger partial charge in [0.25, 0.3) is 7.82 Å². The maximum atomic E-state index is 12.5. The topological polar surface area (TPSA) is 94.1 Å². The molecule has 0 N–H and O–H groups in total. The summed E-state index contributed by atoms with van der Waals surface area (Å²) in [6, 6.07) is 0. The van der Waals surface area contributed by atoms with E-state index >= 15 is 0 Å². The Morgan fingerprint density at radius 1 is 0.600 bits per heavy atom. The molecule has 0 rings (SSSR count). The van der Waals surface area contributed by atoms with Gasteiger partial charge in [0.1, 0.15) is 19.3 Å². The van der Waals surface area contributed by atoms with Crippen LogP contribution in [0.3, 0.4) is 0 Å². The van der Waals surface area contributed by atoms with Gasteiger partial charge in [-0.1, -0.05) is 154 Å². The Hall–Kier alpha value is -0.760. The first-order valence-electron chi connectivity index (χ1n) is 20.9. The lowest BCUT2D eigenvalue weighted by atomic mass is 10.1. The van der Waals surface area contributed by atoms with Crippen LogP contribution in [0.5, 0.6) is 0 Å². The van der Waals surface area contributed by atoms with Crippen LogP contribution in [-0.2, 0) is 27.9 Å². The minimum atomic E-state index is -4.51. The Morgan fingerprint density at radius 2 is 1.04 bits per heavy atom. The van der Waals surface area contributed by atoms with Crippen LogP contribution in [0.25, 0.3) is 0 Å². The van der Waals surface area contributed by atoms with Crippen LogP contribution in [-0.4, -0.2) is 70.7 Å². The lowest BCUT2D eigenvalue weighted by molar-refractivity contribution is -0.870. The summed E-state index contributed by atoms with van der Waals surface area (Å²) >= 11 is 0. The minimum absolute atomic E-state index is 0.0287. The molecule has 50 heavy (non-hydrogen) atoms. The van der Waals surface area contributed by atoms with Gasteiger partial charge in [-0.3, -0.25) is 9.36 Å². The summed E-state index contributed by atoms with van der Waals surface area (Å²) in [6.45, 7) is 5.39. The number of quaternary nitrogens is 1. The first-order chi connectivity index (χ1) is 24.1. The van der Waals surface area contributed by atoms with Crippen LogP contribution in [0.2, 0.25) is 0 Å². The fourth-order valence-electron chi connectivity index (χ4n) is 5.78. The Labute approximate surface area is 310 Å². The number of likely N-dealkylation sites (N-methyl/N-ethyl adjacent to an activating group) is 1. The van der Waals surface area contributed by atoms with E-state index in [2.05, 4.69) is 26.0 Å². The molecule has 0 saturated carbocycles.